The van der Waals surface area contributed by atoms with E-state index >= 15 is 0 Å². The molecule has 0 unspecified atom stereocenters. The van der Waals surface area contributed by atoms with E-state index in [1.54, 1.807) is 19.0 Å². The molecule has 0 radical (unpaired) electrons. The topological polar surface area (TPSA) is 66.7 Å². The highest BCUT2D eigenvalue weighted by Gasteiger charge is 2.30. The predicted molar refractivity (Wildman–Crippen MR) is 123 cm³/mol. The molecule has 1 saturated heterocycles. The van der Waals surface area contributed by atoms with Crippen LogP contribution in [0.1, 0.15) is 11.1 Å². The molecule has 0 aliphatic carbocycles. The van der Waals surface area contributed by atoms with Gasteiger partial charge in [-0.3, -0.25) is 19.5 Å². The van der Waals surface area contributed by atoms with Gasteiger partial charge in [0.15, 0.2) is 5.17 Å². The quantitative estimate of drug-likeness (QED) is 0.648. The number of benzene rings is 2. The first-order valence-corrected chi connectivity index (χ1v) is 10.4. The number of fused-ring (bicyclic) bond motifs is 1. The Hall–Kier alpha value is -3.32. The number of rotatable bonds is 4. The molecule has 6 nitrogen and oxygen atoms in total. The molecule has 30 heavy (non-hydrogen) atoms. The number of aromatic nitrogens is 1. The van der Waals surface area contributed by atoms with Crippen molar-refractivity contribution in [2.75, 3.05) is 19.4 Å². The summed E-state index contributed by atoms with van der Waals surface area (Å²) in [7, 11) is 3.39. The lowest BCUT2D eigenvalue weighted by molar-refractivity contribution is -0.121. The van der Waals surface area contributed by atoms with Crippen molar-refractivity contribution < 1.29 is 9.59 Å². The van der Waals surface area contributed by atoms with Crippen molar-refractivity contribution in [1.82, 2.24) is 9.47 Å². The number of amides is 2. The number of hydrogen-bond acceptors (Lipinski definition) is 4. The Morgan fingerprint density at radius 3 is 2.60 bits per heavy atom. The van der Waals surface area contributed by atoms with Crippen molar-refractivity contribution in [2.45, 2.75) is 13.5 Å². The van der Waals surface area contributed by atoms with Crippen LogP contribution in [0.5, 0.6) is 0 Å². The molecular weight excluding hydrogens is 396 g/mol. The van der Waals surface area contributed by atoms with Crippen LogP contribution in [0.25, 0.3) is 17.0 Å². The molecule has 152 valence electrons. The van der Waals surface area contributed by atoms with Gasteiger partial charge >= 0.3 is 0 Å². The van der Waals surface area contributed by atoms with Gasteiger partial charge in [-0.25, -0.2) is 0 Å². The number of para-hydroxylation sites is 1. The standard InChI is InChI=1S/C23H22N4O2S/c1-15-8-10-17(11-9-15)25-21(28)14-27-13-16(18-6-4-5-7-19(18)27)12-20-22(29)26(3)23(24-2)30-20/h4-13H,14H2,1-3H3,(H,25,28)/b20-12+,24-23?. The Morgan fingerprint density at radius 2 is 1.90 bits per heavy atom. The number of nitrogens with zero attached hydrogens (tertiary/aromatic N) is 3. The highest BCUT2D eigenvalue weighted by atomic mass is 32.2. The smallest absolute Gasteiger partial charge is 0.266 e. The second-order valence-electron chi connectivity index (χ2n) is 7.12. The van der Waals surface area contributed by atoms with E-state index in [-0.39, 0.29) is 18.4 Å². The van der Waals surface area contributed by atoms with Crippen molar-refractivity contribution in [2.24, 2.45) is 4.99 Å². The second-order valence-corrected chi connectivity index (χ2v) is 8.13. The van der Waals surface area contributed by atoms with Gasteiger partial charge in [0.25, 0.3) is 5.91 Å². The minimum Gasteiger partial charge on any atom is -0.337 e. The fourth-order valence-corrected chi connectivity index (χ4v) is 4.32. The Bertz CT molecular complexity index is 1190. The number of thioether (sulfide) groups is 1. The van der Waals surface area contributed by atoms with E-state index in [1.165, 1.54) is 11.8 Å². The summed E-state index contributed by atoms with van der Waals surface area (Å²) >= 11 is 1.36. The first-order chi connectivity index (χ1) is 14.5. The molecule has 0 atom stereocenters. The normalized spacial score (nSPS) is 16.8. The van der Waals surface area contributed by atoms with E-state index in [4.69, 9.17) is 0 Å². The average Bonchev–Trinajstić information content (AvgIpc) is 3.22. The molecule has 1 aliphatic rings. The van der Waals surface area contributed by atoms with Gasteiger partial charge < -0.3 is 9.88 Å². The summed E-state index contributed by atoms with van der Waals surface area (Å²) in [6.07, 6.45) is 3.79. The summed E-state index contributed by atoms with van der Waals surface area (Å²) in [5.74, 6) is -0.181. The molecule has 1 aromatic heterocycles. The minimum atomic E-state index is -0.106. The van der Waals surface area contributed by atoms with Crippen molar-refractivity contribution in [3.05, 3.63) is 70.8 Å². The molecule has 2 amide bonds. The average molecular weight is 419 g/mol. The second kappa shape index (κ2) is 8.20. The molecule has 1 aliphatic heterocycles. The lowest BCUT2D eigenvalue weighted by atomic mass is 10.1. The Morgan fingerprint density at radius 1 is 1.17 bits per heavy atom. The van der Waals surface area contributed by atoms with E-state index in [0.29, 0.717) is 10.1 Å². The lowest BCUT2D eigenvalue weighted by Gasteiger charge is -2.07. The van der Waals surface area contributed by atoms with Crippen LogP contribution in [0.2, 0.25) is 0 Å². The maximum absolute atomic E-state index is 12.6. The fourth-order valence-electron chi connectivity index (χ4n) is 3.40. The first kappa shape index (κ1) is 20.0. The Balaban J connectivity index is 1.63. The third kappa shape index (κ3) is 3.89. The molecular formula is C23H22N4O2S. The summed E-state index contributed by atoms with van der Waals surface area (Å²) in [5.41, 5.74) is 3.75. The van der Waals surface area contributed by atoms with Crippen LogP contribution in [0, 0.1) is 6.92 Å². The van der Waals surface area contributed by atoms with E-state index in [9.17, 15) is 9.59 Å². The van der Waals surface area contributed by atoms with Crippen LogP contribution >= 0.6 is 11.8 Å². The number of nitrogens with one attached hydrogen (secondary N) is 1. The fraction of sp³-hybridized carbons (Fsp3) is 0.174. The van der Waals surface area contributed by atoms with Gasteiger partial charge in [-0.1, -0.05) is 35.9 Å². The molecule has 3 aromatic rings. The molecule has 1 fully saturated rings. The van der Waals surface area contributed by atoms with Crippen molar-refractivity contribution in [3.8, 4) is 0 Å². The molecule has 7 heteroatoms. The number of carbonyl (C=O) groups is 2. The molecule has 0 bridgehead atoms. The maximum Gasteiger partial charge on any atom is 0.266 e. The van der Waals surface area contributed by atoms with Crippen molar-refractivity contribution in [3.63, 3.8) is 0 Å². The third-order valence-corrected chi connectivity index (χ3v) is 6.10. The summed E-state index contributed by atoms with van der Waals surface area (Å²) in [5, 5.41) is 4.60. The number of likely N-dealkylation sites (N-methyl/N-ethyl adjacent to an activating group) is 1. The van der Waals surface area contributed by atoms with Gasteiger partial charge in [0.05, 0.1) is 4.91 Å². The van der Waals surface area contributed by atoms with Crippen LogP contribution in [0.4, 0.5) is 5.69 Å². The van der Waals surface area contributed by atoms with Gasteiger partial charge in [0.2, 0.25) is 5.91 Å². The van der Waals surface area contributed by atoms with Crippen molar-refractivity contribution in [1.29, 1.82) is 0 Å². The van der Waals surface area contributed by atoms with Crippen molar-refractivity contribution >= 4 is 51.4 Å². The van der Waals surface area contributed by atoms with Crippen LogP contribution in [0.15, 0.2) is 64.6 Å². The van der Waals surface area contributed by atoms with Gasteiger partial charge in [-0.15, -0.1) is 0 Å². The first-order valence-electron chi connectivity index (χ1n) is 9.55. The largest absolute Gasteiger partial charge is 0.337 e. The third-order valence-electron chi connectivity index (χ3n) is 4.95. The van der Waals surface area contributed by atoms with Gasteiger partial charge in [0, 0.05) is 42.4 Å². The number of carbonyl (C=O) groups excluding carboxylic acids is 2. The molecule has 0 saturated carbocycles. The van der Waals surface area contributed by atoms with Gasteiger partial charge in [-0.2, -0.15) is 0 Å². The zero-order chi connectivity index (χ0) is 21.3. The van der Waals surface area contributed by atoms with Crippen LogP contribution in [0.3, 0.4) is 0 Å². The van der Waals surface area contributed by atoms with E-state index in [2.05, 4.69) is 10.3 Å². The molecule has 0 spiro atoms. The summed E-state index contributed by atoms with van der Waals surface area (Å²) in [4.78, 5) is 31.4. The number of hydrogen-bond donors (Lipinski definition) is 1. The highest BCUT2D eigenvalue weighted by molar-refractivity contribution is 8.18. The Labute approximate surface area is 179 Å². The SMILES string of the molecule is CN=C1S/C(=C/c2cn(CC(=O)Nc3ccc(C)cc3)c3ccccc23)C(=O)N1C. The minimum absolute atomic E-state index is 0.0745. The maximum atomic E-state index is 12.6. The lowest BCUT2D eigenvalue weighted by Crippen LogP contribution is -2.23. The summed E-state index contributed by atoms with van der Waals surface area (Å²) in [6, 6.07) is 15.6. The van der Waals surface area contributed by atoms with Crippen LogP contribution in [-0.4, -0.2) is 40.5 Å². The molecule has 2 aromatic carbocycles. The predicted octanol–water partition coefficient (Wildman–Crippen LogP) is 4.12. The van der Waals surface area contributed by atoms with Gasteiger partial charge in [-0.05, 0) is 43.0 Å². The van der Waals surface area contributed by atoms with E-state index < -0.39 is 0 Å². The number of amidine groups is 1. The zero-order valence-electron chi connectivity index (χ0n) is 17.0. The van der Waals surface area contributed by atoms with Gasteiger partial charge in [0.1, 0.15) is 6.54 Å². The summed E-state index contributed by atoms with van der Waals surface area (Å²) < 4.78 is 1.91. The molecule has 1 N–H and O–H groups in total. The number of aliphatic imine (C=N–C) groups is 1. The van der Waals surface area contributed by atoms with E-state index in [0.717, 1.165) is 27.7 Å². The van der Waals surface area contributed by atoms with E-state index in [1.807, 2.05) is 72.3 Å². The number of anilines is 1. The highest BCUT2D eigenvalue weighted by Crippen LogP contribution is 2.33. The van der Waals surface area contributed by atoms with Crippen LogP contribution < -0.4 is 5.32 Å². The van der Waals surface area contributed by atoms with Crippen LogP contribution in [-0.2, 0) is 16.1 Å². The summed E-state index contributed by atoms with van der Waals surface area (Å²) in [6.45, 7) is 2.19. The molecule has 4 rings (SSSR count). The number of aryl methyl sites for hydroxylation is 1. The molecule has 2 heterocycles. The Kier molecular flexibility index (Phi) is 5.46. The monoisotopic (exact) mass is 418 g/mol. The zero-order valence-corrected chi connectivity index (χ0v) is 17.9.